The van der Waals surface area contributed by atoms with Crippen molar-refractivity contribution in [1.29, 1.82) is 0 Å². The molecule has 1 aliphatic heterocycles. The molecule has 13 heteroatoms. The minimum absolute atomic E-state index is 0.192. The van der Waals surface area contributed by atoms with Gasteiger partial charge in [0.2, 0.25) is 0 Å². The second-order valence-electron chi connectivity index (χ2n) is 9.70. The Morgan fingerprint density at radius 1 is 0.977 bits per heavy atom. The number of carboxylic acids is 2. The summed E-state index contributed by atoms with van der Waals surface area (Å²) >= 11 is 1.58. The number of carboxylic acid groups (broad SMARTS) is 2. The Morgan fingerprint density at radius 2 is 1.53 bits per heavy atom. The van der Waals surface area contributed by atoms with Gasteiger partial charge in [0.25, 0.3) is 5.91 Å². The van der Waals surface area contributed by atoms with Crippen molar-refractivity contribution in [2.75, 3.05) is 34.3 Å². The quantitative estimate of drug-likeness (QED) is 0.271. The van der Waals surface area contributed by atoms with Crippen LogP contribution in [0.1, 0.15) is 36.6 Å². The van der Waals surface area contributed by atoms with E-state index in [1.807, 2.05) is 66.4 Å². The van der Waals surface area contributed by atoms with Crippen LogP contribution in [0.2, 0.25) is 0 Å². The normalized spacial score (nSPS) is 18.2. The molecule has 1 aliphatic rings. The van der Waals surface area contributed by atoms with E-state index in [-0.39, 0.29) is 5.91 Å². The van der Waals surface area contributed by atoms with E-state index in [4.69, 9.17) is 29.9 Å². The molecule has 1 amide bonds. The largest absolute Gasteiger partial charge is 0.497 e. The van der Waals surface area contributed by atoms with E-state index < -0.39 is 41.5 Å². The molecule has 0 fully saturated rings. The molecular formula is C30H38N2O10S. The molecule has 12 nitrogen and oxygen atoms in total. The van der Waals surface area contributed by atoms with Gasteiger partial charge in [-0.25, -0.2) is 9.59 Å². The third-order valence-corrected chi connectivity index (χ3v) is 7.78. The first kappa shape index (κ1) is 35.3. The summed E-state index contributed by atoms with van der Waals surface area (Å²) in [5.41, 5.74) is 2.90. The predicted molar refractivity (Wildman–Crippen MR) is 160 cm³/mol. The van der Waals surface area contributed by atoms with E-state index >= 15 is 0 Å². The lowest BCUT2D eigenvalue weighted by molar-refractivity contribution is -0.165. The Hall–Kier alpha value is -3.91. The zero-order valence-corrected chi connectivity index (χ0v) is 25.5. The second kappa shape index (κ2) is 16.7. The molecule has 4 atom stereocenters. The summed E-state index contributed by atoms with van der Waals surface area (Å²) in [5.74, 6) is -3.47. The fourth-order valence-electron chi connectivity index (χ4n) is 4.11. The maximum atomic E-state index is 13.9. The monoisotopic (exact) mass is 618 g/mol. The average molecular weight is 619 g/mol. The highest BCUT2D eigenvalue weighted by molar-refractivity contribution is 8.08. The van der Waals surface area contributed by atoms with Gasteiger partial charge >= 0.3 is 17.9 Å². The average Bonchev–Trinajstić information content (AvgIpc) is 3.09. The predicted octanol–water partition coefficient (Wildman–Crippen LogP) is 2.46. The molecule has 0 aromatic heterocycles. The van der Waals surface area contributed by atoms with Gasteiger partial charge in [0.1, 0.15) is 5.75 Å². The summed E-state index contributed by atoms with van der Waals surface area (Å²) in [6.07, 6.45) is -4.79. The number of likely N-dealkylation sites (N-methyl/N-ethyl adjacent to an activating group) is 1. The zero-order valence-electron chi connectivity index (χ0n) is 24.7. The number of aliphatic carboxylic acids is 2. The number of carbonyl (C=O) groups is 4. The van der Waals surface area contributed by atoms with Gasteiger partial charge in [-0.1, -0.05) is 49.4 Å². The number of rotatable bonds is 11. The van der Waals surface area contributed by atoms with Crippen molar-refractivity contribution in [1.82, 2.24) is 9.80 Å². The third-order valence-electron chi connectivity index (χ3n) is 6.30. The first-order valence-corrected chi connectivity index (χ1v) is 14.2. The highest BCUT2D eigenvalue weighted by atomic mass is 32.2. The maximum Gasteiger partial charge on any atom is 0.335 e. The Bertz CT molecular complexity index is 1270. The smallest absolute Gasteiger partial charge is 0.335 e. The number of aliphatic hydroxyl groups excluding tert-OH is 2. The Morgan fingerprint density at radius 3 is 1.98 bits per heavy atom. The van der Waals surface area contributed by atoms with E-state index in [2.05, 4.69) is 19.1 Å². The van der Waals surface area contributed by atoms with E-state index in [1.165, 1.54) is 6.92 Å². The molecule has 3 rings (SSSR count). The Kier molecular flexibility index (Phi) is 13.7. The van der Waals surface area contributed by atoms with Crippen LogP contribution in [-0.4, -0.2) is 107 Å². The van der Waals surface area contributed by atoms with Crippen molar-refractivity contribution in [3.63, 3.8) is 0 Å². The topological polar surface area (TPSA) is 174 Å². The number of hydrogen-bond acceptors (Lipinski definition) is 10. The molecule has 0 aliphatic carbocycles. The number of esters is 1. The molecule has 43 heavy (non-hydrogen) atoms. The molecule has 2 unspecified atom stereocenters. The lowest BCUT2D eigenvalue weighted by Crippen LogP contribution is -2.44. The van der Waals surface area contributed by atoms with Gasteiger partial charge in [0.15, 0.2) is 18.3 Å². The van der Waals surface area contributed by atoms with Crippen LogP contribution >= 0.6 is 11.8 Å². The van der Waals surface area contributed by atoms with Crippen molar-refractivity contribution in [2.45, 2.75) is 43.8 Å². The van der Waals surface area contributed by atoms with Crippen LogP contribution in [0.15, 0.2) is 60.3 Å². The van der Waals surface area contributed by atoms with Crippen molar-refractivity contribution in [2.24, 2.45) is 0 Å². The van der Waals surface area contributed by atoms with E-state index in [0.717, 1.165) is 27.5 Å². The van der Waals surface area contributed by atoms with E-state index in [1.54, 1.807) is 18.9 Å². The SMILES string of the molecule is CCC1=C(c2ccccc2)S[C@@H](c2ccc(OC)cc2)[C@@H](OC(C)=O)C(=O)N1CCN(C)C.O=C(O)C(O)C(O)C(=O)O. The number of amides is 1. The first-order valence-electron chi connectivity index (χ1n) is 13.4. The summed E-state index contributed by atoms with van der Waals surface area (Å²) in [6.45, 7) is 4.62. The molecule has 4 N–H and O–H groups in total. The van der Waals surface area contributed by atoms with Crippen molar-refractivity contribution >= 4 is 40.5 Å². The fourth-order valence-corrected chi connectivity index (χ4v) is 5.62. The number of ether oxygens (including phenoxy) is 2. The minimum atomic E-state index is -2.27. The number of carbonyl (C=O) groups excluding carboxylic acids is 2. The van der Waals surface area contributed by atoms with Gasteiger partial charge in [0.05, 0.1) is 12.4 Å². The van der Waals surface area contributed by atoms with Crippen LogP contribution in [0.5, 0.6) is 5.75 Å². The summed E-state index contributed by atoms with van der Waals surface area (Å²) in [4.78, 5) is 50.4. The molecule has 2 aromatic rings. The van der Waals surface area contributed by atoms with Crippen LogP contribution in [-0.2, 0) is 23.9 Å². The Balaban J connectivity index is 0.000000553. The summed E-state index contributed by atoms with van der Waals surface area (Å²) < 4.78 is 11.0. The maximum absolute atomic E-state index is 13.9. The van der Waals surface area contributed by atoms with Gasteiger partial charge in [-0.2, -0.15) is 0 Å². The van der Waals surface area contributed by atoms with Gasteiger partial charge in [-0.3, -0.25) is 9.59 Å². The van der Waals surface area contributed by atoms with Gasteiger partial charge in [-0.15, -0.1) is 11.8 Å². The lowest BCUT2D eigenvalue weighted by atomic mass is 10.0. The zero-order chi connectivity index (χ0) is 32.3. The molecule has 2 aromatic carbocycles. The highest BCUT2D eigenvalue weighted by Crippen LogP contribution is 2.48. The van der Waals surface area contributed by atoms with Crippen molar-refractivity contribution in [3.8, 4) is 5.75 Å². The molecule has 0 saturated carbocycles. The molecule has 0 bridgehead atoms. The molecule has 0 saturated heterocycles. The third kappa shape index (κ3) is 9.82. The molecular weight excluding hydrogens is 580 g/mol. The van der Waals surface area contributed by atoms with Gasteiger partial charge in [0, 0.05) is 30.6 Å². The molecule has 234 valence electrons. The van der Waals surface area contributed by atoms with Crippen molar-refractivity contribution in [3.05, 3.63) is 71.4 Å². The number of methoxy groups -OCH3 is 1. The highest BCUT2D eigenvalue weighted by Gasteiger charge is 2.41. The van der Waals surface area contributed by atoms with E-state index in [9.17, 15) is 19.2 Å². The fraction of sp³-hybridized carbons (Fsp3) is 0.400. The van der Waals surface area contributed by atoms with Crippen LogP contribution in [0.3, 0.4) is 0 Å². The van der Waals surface area contributed by atoms with Crippen LogP contribution in [0.4, 0.5) is 0 Å². The number of aliphatic hydroxyl groups is 2. The number of thioether (sulfide) groups is 1. The standard InChI is InChI=1S/C26H32N2O4S.C4H6O6/c1-6-22-24(19-10-8-7-9-11-19)33-25(20-12-14-21(31-5)15-13-20)23(32-18(2)29)26(30)28(22)17-16-27(3)4;5-1(3(7)8)2(6)4(9)10/h7-15,23,25H,6,16-17H2,1-5H3;1-2,5-6H,(H,7,8)(H,9,10)/t23-,25+;/m1./s1. The van der Waals surface area contributed by atoms with E-state index in [0.29, 0.717) is 19.5 Å². The summed E-state index contributed by atoms with van der Waals surface area (Å²) in [7, 11) is 5.58. The number of benzene rings is 2. The Labute approximate surface area is 254 Å². The molecule has 1 heterocycles. The number of hydrogen-bond donors (Lipinski definition) is 4. The molecule has 0 radical (unpaired) electrons. The van der Waals surface area contributed by atoms with Gasteiger partial charge < -0.3 is 39.7 Å². The molecule has 0 spiro atoms. The van der Waals surface area contributed by atoms with Crippen LogP contribution in [0, 0.1) is 0 Å². The number of allylic oxidation sites excluding steroid dienone is 1. The summed E-state index contributed by atoms with van der Waals surface area (Å²) in [5, 5.41) is 32.1. The van der Waals surface area contributed by atoms with Crippen LogP contribution < -0.4 is 4.74 Å². The lowest BCUT2D eigenvalue weighted by Gasteiger charge is -2.29. The van der Waals surface area contributed by atoms with Crippen molar-refractivity contribution < 1.29 is 49.1 Å². The van der Waals surface area contributed by atoms with Gasteiger partial charge in [-0.05, 0) is 43.8 Å². The minimum Gasteiger partial charge on any atom is -0.497 e. The number of nitrogens with zero attached hydrogens (tertiary/aromatic N) is 2. The second-order valence-corrected chi connectivity index (χ2v) is 10.8. The summed E-state index contributed by atoms with van der Waals surface area (Å²) in [6, 6.07) is 17.7. The van der Waals surface area contributed by atoms with Crippen LogP contribution in [0.25, 0.3) is 4.91 Å². The first-order chi connectivity index (χ1) is 20.3.